The van der Waals surface area contributed by atoms with Gasteiger partial charge in [-0.25, -0.2) is 0 Å². The summed E-state index contributed by atoms with van der Waals surface area (Å²) in [5.41, 5.74) is 4.39. The first-order valence-electron chi connectivity index (χ1n) is 11.1. The molecule has 0 aromatic carbocycles. The third-order valence-electron chi connectivity index (χ3n) is 6.27. The molecule has 0 spiro atoms. The highest BCUT2D eigenvalue weighted by Crippen LogP contribution is 2.40. The molecular formula is C24H28N6OS. The third-order valence-corrected chi connectivity index (χ3v) is 6.62. The average Bonchev–Trinajstić information content (AvgIpc) is 3.38. The molecule has 166 valence electrons. The number of pyridine rings is 2. The summed E-state index contributed by atoms with van der Waals surface area (Å²) < 4.78 is 7.80. The molecular weight excluding hydrogens is 420 g/mol. The molecule has 8 heteroatoms. The van der Waals surface area contributed by atoms with Crippen molar-refractivity contribution in [2.24, 2.45) is 0 Å². The van der Waals surface area contributed by atoms with E-state index < -0.39 is 0 Å². The van der Waals surface area contributed by atoms with E-state index in [9.17, 15) is 0 Å². The minimum absolute atomic E-state index is 0.0207. The predicted molar refractivity (Wildman–Crippen MR) is 128 cm³/mol. The minimum atomic E-state index is -0.0295. The molecule has 0 amide bonds. The molecule has 2 unspecified atom stereocenters. The van der Waals surface area contributed by atoms with Crippen LogP contribution in [0.3, 0.4) is 0 Å². The summed E-state index contributed by atoms with van der Waals surface area (Å²) >= 11 is 5.85. The molecule has 2 aliphatic rings. The van der Waals surface area contributed by atoms with E-state index in [0.29, 0.717) is 0 Å². The van der Waals surface area contributed by atoms with Crippen molar-refractivity contribution in [3.63, 3.8) is 0 Å². The Morgan fingerprint density at radius 3 is 2.69 bits per heavy atom. The van der Waals surface area contributed by atoms with Crippen molar-refractivity contribution < 1.29 is 4.74 Å². The first kappa shape index (κ1) is 21.1. The zero-order chi connectivity index (χ0) is 21.9. The predicted octanol–water partition coefficient (Wildman–Crippen LogP) is 2.88. The number of aryl methyl sites for hydroxylation is 1. The fraction of sp³-hybridized carbons (Fsp3) is 0.375. The Bertz CT molecular complexity index is 1050. The van der Waals surface area contributed by atoms with E-state index in [1.807, 2.05) is 30.6 Å². The van der Waals surface area contributed by atoms with Crippen molar-refractivity contribution in [2.45, 2.75) is 19.0 Å². The van der Waals surface area contributed by atoms with Gasteiger partial charge in [0.15, 0.2) is 5.11 Å². The lowest BCUT2D eigenvalue weighted by Crippen LogP contribution is -2.42. The van der Waals surface area contributed by atoms with Gasteiger partial charge >= 0.3 is 0 Å². The second kappa shape index (κ2) is 9.36. The first-order chi connectivity index (χ1) is 15.7. The van der Waals surface area contributed by atoms with Crippen LogP contribution in [0.2, 0.25) is 0 Å². The number of morpholine rings is 1. The SMILES string of the molecule is Cc1ccc(C2C(c3ccccn3)NC(=S)N2CCN2CCOCC2)n1-c1cccnc1. The van der Waals surface area contributed by atoms with Gasteiger partial charge in [-0.2, -0.15) is 0 Å². The van der Waals surface area contributed by atoms with Crippen LogP contribution in [0.25, 0.3) is 5.69 Å². The smallest absolute Gasteiger partial charge is 0.170 e. The quantitative estimate of drug-likeness (QED) is 0.582. The summed E-state index contributed by atoms with van der Waals surface area (Å²) in [7, 11) is 0. The molecule has 2 saturated heterocycles. The largest absolute Gasteiger partial charge is 0.379 e. The first-order valence-corrected chi connectivity index (χ1v) is 11.5. The van der Waals surface area contributed by atoms with Gasteiger partial charge in [0.25, 0.3) is 0 Å². The van der Waals surface area contributed by atoms with Crippen LogP contribution < -0.4 is 5.32 Å². The van der Waals surface area contributed by atoms with E-state index in [0.717, 1.165) is 55.9 Å². The van der Waals surface area contributed by atoms with E-state index >= 15 is 0 Å². The maximum Gasteiger partial charge on any atom is 0.170 e. The van der Waals surface area contributed by atoms with Gasteiger partial charge in [-0.1, -0.05) is 6.07 Å². The standard InChI is InChI=1S/C24H28N6OS/c1-18-7-8-21(30(18)19-5-4-9-25-17-19)23-22(20-6-2-3-10-26-20)27-24(32)29(23)12-11-28-13-15-31-16-14-28/h2-10,17,22-23H,11-16H2,1H3,(H,27,32). The van der Waals surface area contributed by atoms with Crippen molar-refractivity contribution in [3.8, 4) is 5.69 Å². The summed E-state index contributed by atoms with van der Waals surface area (Å²) in [6.07, 6.45) is 5.56. The maximum atomic E-state index is 5.85. The number of hydrogen-bond donors (Lipinski definition) is 1. The normalized spacial score (nSPS) is 21.7. The van der Waals surface area contributed by atoms with Crippen molar-refractivity contribution in [2.75, 3.05) is 39.4 Å². The monoisotopic (exact) mass is 448 g/mol. The van der Waals surface area contributed by atoms with Gasteiger partial charge in [0.2, 0.25) is 0 Å². The van der Waals surface area contributed by atoms with E-state index in [2.05, 4.69) is 60.8 Å². The Morgan fingerprint density at radius 2 is 1.94 bits per heavy atom. The zero-order valence-corrected chi connectivity index (χ0v) is 19.0. The van der Waals surface area contributed by atoms with E-state index in [4.69, 9.17) is 17.0 Å². The van der Waals surface area contributed by atoms with Gasteiger partial charge in [-0.3, -0.25) is 14.9 Å². The maximum absolute atomic E-state index is 5.85. The Hall–Kier alpha value is -2.81. The van der Waals surface area contributed by atoms with Crippen LogP contribution in [0, 0.1) is 6.92 Å². The van der Waals surface area contributed by atoms with Crippen LogP contribution in [0.15, 0.2) is 61.1 Å². The molecule has 2 aliphatic heterocycles. The van der Waals surface area contributed by atoms with E-state index in [-0.39, 0.29) is 12.1 Å². The highest BCUT2D eigenvalue weighted by atomic mass is 32.1. The molecule has 5 heterocycles. The summed E-state index contributed by atoms with van der Waals surface area (Å²) in [4.78, 5) is 13.8. The van der Waals surface area contributed by atoms with Gasteiger partial charge in [0.05, 0.1) is 42.9 Å². The highest BCUT2D eigenvalue weighted by Gasteiger charge is 2.41. The minimum Gasteiger partial charge on any atom is -0.379 e. The summed E-state index contributed by atoms with van der Waals surface area (Å²) in [6.45, 7) is 7.45. The summed E-state index contributed by atoms with van der Waals surface area (Å²) in [6, 6.07) is 14.5. The molecule has 0 radical (unpaired) electrons. The van der Waals surface area contributed by atoms with Gasteiger partial charge in [0.1, 0.15) is 0 Å². The van der Waals surface area contributed by atoms with Gasteiger partial charge in [-0.05, 0) is 55.5 Å². The Balaban J connectivity index is 1.52. The van der Waals surface area contributed by atoms with Gasteiger partial charge < -0.3 is 19.5 Å². The van der Waals surface area contributed by atoms with Crippen LogP contribution in [0.1, 0.15) is 29.2 Å². The van der Waals surface area contributed by atoms with E-state index in [1.54, 1.807) is 6.20 Å². The summed E-state index contributed by atoms with van der Waals surface area (Å²) in [5.74, 6) is 0. The number of ether oxygens (including phenoxy) is 1. The van der Waals surface area contributed by atoms with Crippen LogP contribution in [-0.2, 0) is 4.74 Å². The Morgan fingerprint density at radius 1 is 1.06 bits per heavy atom. The Labute approximate surface area is 194 Å². The molecule has 0 aliphatic carbocycles. The number of hydrogen-bond acceptors (Lipinski definition) is 5. The lowest BCUT2D eigenvalue weighted by atomic mass is 10.0. The van der Waals surface area contributed by atoms with Crippen molar-refractivity contribution >= 4 is 17.3 Å². The number of nitrogens with zero attached hydrogens (tertiary/aromatic N) is 5. The number of rotatable bonds is 6. The van der Waals surface area contributed by atoms with Crippen LogP contribution in [0.5, 0.6) is 0 Å². The molecule has 3 aromatic rings. The fourth-order valence-corrected chi connectivity index (χ4v) is 5.00. The molecule has 1 N–H and O–H groups in total. The molecule has 3 aromatic heterocycles. The number of thiocarbonyl (C=S) groups is 1. The summed E-state index contributed by atoms with van der Waals surface area (Å²) in [5, 5.41) is 4.34. The molecule has 0 saturated carbocycles. The van der Waals surface area contributed by atoms with Gasteiger partial charge in [0, 0.05) is 50.0 Å². The van der Waals surface area contributed by atoms with Crippen molar-refractivity contribution in [3.05, 3.63) is 78.1 Å². The lowest BCUT2D eigenvalue weighted by molar-refractivity contribution is 0.0349. The number of nitrogens with one attached hydrogen (secondary N) is 1. The highest BCUT2D eigenvalue weighted by molar-refractivity contribution is 7.80. The fourth-order valence-electron chi connectivity index (χ4n) is 4.67. The second-order valence-corrected chi connectivity index (χ2v) is 8.61. The van der Waals surface area contributed by atoms with Crippen LogP contribution in [0.4, 0.5) is 0 Å². The topological polar surface area (TPSA) is 58.5 Å². The zero-order valence-electron chi connectivity index (χ0n) is 18.2. The molecule has 7 nitrogen and oxygen atoms in total. The van der Waals surface area contributed by atoms with Crippen LogP contribution in [-0.4, -0.2) is 68.8 Å². The molecule has 2 fully saturated rings. The van der Waals surface area contributed by atoms with Crippen molar-refractivity contribution in [1.29, 1.82) is 0 Å². The second-order valence-electron chi connectivity index (χ2n) is 8.22. The number of aromatic nitrogens is 3. The Kier molecular flexibility index (Phi) is 6.16. The molecule has 2 atom stereocenters. The van der Waals surface area contributed by atoms with Crippen molar-refractivity contribution in [1.82, 2.24) is 29.7 Å². The van der Waals surface area contributed by atoms with Gasteiger partial charge in [-0.15, -0.1) is 0 Å². The molecule has 32 heavy (non-hydrogen) atoms. The third kappa shape index (κ3) is 4.13. The molecule has 5 rings (SSSR count). The van der Waals surface area contributed by atoms with Crippen LogP contribution >= 0.6 is 12.2 Å². The molecule has 0 bridgehead atoms. The van der Waals surface area contributed by atoms with E-state index in [1.165, 1.54) is 11.4 Å². The lowest BCUT2D eigenvalue weighted by Gasteiger charge is -2.32. The average molecular weight is 449 g/mol.